The second-order valence-corrected chi connectivity index (χ2v) is 10.3. The first-order valence-electron chi connectivity index (χ1n) is 8.21. The number of phosphoric acid groups is 3. The SMILES string of the molecule is C[C@]1(C#N)O[C@@H](c2csc3c(N)ncnc23)[C@H](F)[C@@H]1O.O=P(O)(O)O.O=P(O)(O)O.O=P(O)(O)O. The lowest BCUT2D eigenvalue weighted by molar-refractivity contribution is -0.0298. The number of aromatic nitrogens is 2. The van der Waals surface area contributed by atoms with E-state index in [2.05, 4.69) is 9.97 Å². The van der Waals surface area contributed by atoms with Gasteiger partial charge in [-0.2, -0.15) is 5.26 Å². The van der Waals surface area contributed by atoms with E-state index >= 15 is 0 Å². The van der Waals surface area contributed by atoms with Gasteiger partial charge in [-0.1, -0.05) is 0 Å². The van der Waals surface area contributed by atoms with Crippen LogP contribution in [0.3, 0.4) is 0 Å². The molecule has 2 aromatic rings. The summed E-state index contributed by atoms with van der Waals surface area (Å²) in [6.07, 6.45) is -2.96. The third kappa shape index (κ3) is 13.4. The number of fused-ring (bicyclic) bond motifs is 1. The molecule has 18 nitrogen and oxygen atoms in total. The topological polar surface area (TPSA) is 338 Å². The van der Waals surface area contributed by atoms with Gasteiger partial charge >= 0.3 is 23.5 Å². The highest BCUT2D eigenvalue weighted by molar-refractivity contribution is 7.45. The van der Waals surface area contributed by atoms with Crippen LogP contribution in [-0.4, -0.2) is 77.0 Å². The number of halogens is 1. The summed E-state index contributed by atoms with van der Waals surface area (Å²) in [4.78, 5) is 72.6. The Balaban J connectivity index is 0.000000635. The van der Waals surface area contributed by atoms with E-state index in [-0.39, 0.29) is 0 Å². The number of nitrogen functional groups attached to an aromatic ring is 1. The van der Waals surface area contributed by atoms with Gasteiger partial charge in [-0.25, -0.2) is 28.1 Å². The number of hydrogen-bond acceptors (Lipinski definition) is 10. The predicted molar refractivity (Wildman–Crippen MR) is 113 cm³/mol. The van der Waals surface area contributed by atoms with Crippen LogP contribution < -0.4 is 5.73 Å². The third-order valence-corrected chi connectivity index (χ3v) is 4.47. The van der Waals surface area contributed by atoms with E-state index in [9.17, 15) is 9.50 Å². The number of alkyl halides is 1. The van der Waals surface area contributed by atoms with Gasteiger partial charge in [0.1, 0.15) is 30.4 Å². The Morgan fingerprint density at radius 1 is 1.06 bits per heavy atom. The smallest absolute Gasteiger partial charge is 0.386 e. The van der Waals surface area contributed by atoms with Crippen molar-refractivity contribution in [2.45, 2.75) is 30.9 Å². The van der Waals surface area contributed by atoms with Crippen molar-refractivity contribution in [2.24, 2.45) is 0 Å². The van der Waals surface area contributed by atoms with Gasteiger partial charge in [0.15, 0.2) is 11.8 Å². The number of nitriles is 1. The molecule has 0 spiro atoms. The highest BCUT2D eigenvalue weighted by Crippen LogP contribution is 2.45. The van der Waals surface area contributed by atoms with E-state index in [0.717, 1.165) is 0 Å². The summed E-state index contributed by atoms with van der Waals surface area (Å²) in [5.74, 6) is 0.309. The molecule has 0 amide bonds. The first kappa shape index (κ1) is 33.5. The Bertz CT molecular complexity index is 1100. The summed E-state index contributed by atoms with van der Waals surface area (Å²) in [5, 5.41) is 20.5. The summed E-state index contributed by atoms with van der Waals surface area (Å²) in [6.45, 7) is 1.36. The van der Waals surface area contributed by atoms with Crippen molar-refractivity contribution in [2.75, 3.05) is 5.73 Å². The standard InChI is InChI=1S/C12H11FN4O2S.3H3O4P/c1-12(3-14)10(18)6(13)8(19-12)5-2-20-9-7(5)16-4-17-11(9)15;3*1-5(2,3)4/h2,4,6,8,10,18H,1H3,(H2,15,16,17);3*(H3,1,2,3,4)/t6-,8-,10-,12+;;;/m0.../s1. The number of nitrogens with two attached hydrogens (primary N) is 1. The Kier molecular flexibility index (Phi) is 12.1. The van der Waals surface area contributed by atoms with E-state index in [1.165, 1.54) is 24.6 Å². The molecule has 0 aromatic carbocycles. The monoisotopic (exact) mass is 588 g/mol. The molecule has 3 heterocycles. The largest absolute Gasteiger partial charge is 0.466 e. The van der Waals surface area contributed by atoms with E-state index < -0.39 is 47.4 Å². The summed E-state index contributed by atoms with van der Waals surface area (Å²) in [7, 11) is -13.9. The number of thiophene rings is 1. The zero-order valence-electron chi connectivity index (χ0n) is 17.0. The molecular weight excluding hydrogens is 568 g/mol. The van der Waals surface area contributed by atoms with Crippen molar-refractivity contribution in [3.63, 3.8) is 0 Å². The molecule has 3 rings (SSSR count). The van der Waals surface area contributed by atoms with E-state index in [4.69, 9.17) is 73.5 Å². The number of aliphatic hydroxyl groups excluding tert-OH is 1. The molecule has 0 aliphatic carbocycles. The summed E-state index contributed by atoms with van der Waals surface area (Å²) < 4.78 is 47.0. The zero-order chi connectivity index (χ0) is 28.0. The number of nitrogens with zero attached hydrogens (tertiary/aromatic N) is 3. The van der Waals surface area contributed by atoms with Crippen LogP contribution in [0.1, 0.15) is 18.6 Å². The summed E-state index contributed by atoms with van der Waals surface area (Å²) in [6, 6.07) is 1.81. The lowest BCUT2D eigenvalue weighted by Gasteiger charge is -2.17. The molecule has 35 heavy (non-hydrogen) atoms. The Labute approximate surface area is 198 Å². The zero-order valence-corrected chi connectivity index (χ0v) is 20.5. The van der Waals surface area contributed by atoms with Gasteiger partial charge in [-0.3, -0.25) is 0 Å². The fraction of sp³-hybridized carbons (Fsp3) is 0.417. The molecule has 0 unspecified atom stereocenters. The molecule has 4 atom stereocenters. The van der Waals surface area contributed by atoms with Crippen LogP contribution in [0.2, 0.25) is 0 Å². The average molecular weight is 588 g/mol. The van der Waals surface area contributed by atoms with Crippen molar-refractivity contribution in [3.05, 3.63) is 17.3 Å². The maximum atomic E-state index is 14.3. The fourth-order valence-electron chi connectivity index (χ4n) is 2.28. The van der Waals surface area contributed by atoms with Gasteiger partial charge in [-0.15, -0.1) is 11.3 Å². The normalized spacial score (nSPS) is 24.1. The minimum atomic E-state index is -4.64. The lowest BCUT2D eigenvalue weighted by atomic mass is 9.97. The third-order valence-electron chi connectivity index (χ3n) is 3.46. The number of anilines is 1. The highest BCUT2D eigenvalue weighted by Gasteiger charge is 2.54. The lowest BCUT2D eigenvalue weighted by Crippen LogP contribution is -2.37. The molecule has 0 saturated carbocycles. The number of ether oxygens (including phenoxy) is 1. The minimum Gasteiger partial charge on any atom is -0.386 e. The predicted octanol–water partition coefficient (Wildman–Crippen LogP) is -1.46. The molecule has 0 bridgehead atoms. The summed E-state index contributed by atoms with van der Waals surface area (Å²) in [5.41, 5.74) is 5.13. The van der Waals surface area contributed by atoms with Gasteiger partial charge in [0.05, 0.1) is 10.2 Å². The fourth-order valence-corrected chi connectivity index (χ4v) is 3.23. The van der Waals surface area contributed by atoms with Gasteiger partial charge in [-0.05, 0) is 12.3 Å². The van der Waals surface area contributed by atoms with Crippen LogP contribution in [-0.2, 0) is 18.4 Å². The van der Waals surface area contributed by atoms with Crippen molar-refractivity contribution in [1.29, 1.82) is 5.26 Å². The molecule has 1 aliphatic rings. The quantitative estimate of drug-likeness (QED) is 0.169. The number of rotatable bonds is 1. The van der Waals surface area contributed by atoms with Crippen molar-refractivity contribution in [1.82, 2.24) is 9.97 Å². The van der Waals surface area contributed by atoms with Gasteiger partial charge in [0.2, 0.25) is 0 Å². The highest BCUT2D eigenvalue weighted by atomic mass is 32.1. The van der Waals surface area contributed by atoms with Gasteiger partial charge in [0, 0.05) is 5.56 Å². The first-order chi connectivity index (χ1) is 15.5. The molecule has 1 aliphatic heterocycles. The van der Waals surface area contributed by atoms with Crippen LogP contribution in [0.4, 0.5) is 10.2 Å². The van der Waals surface area contributed by atoms with Crippen LogP contribution >= 0.6 is 34.8 Å². The van der Waals surface area contributed by atoms with Gasteiger partial charge in [0.25, 0.3) is 0 Å². The van der Waals surface area contributed by atoms with Gasteiger partial charge < -0.3 is 59.6 Å². The molecule has 1 saturated heterocycles. The van der Waals surface area contributed by atoms with E-state index in [1.807, 2.05) is 0 Å². The second kappa shape index (κ2) is 12.7. The Morgan fingerprint density at radius 2 is 1.49 bits per heavy atom. The number of hydrogen-bond donors (Lipinski definition) is 11. The number of aliphatic hydroxyl groups is 1. The van der Waals surface area contributed by atoms with Crippen LogP contribution in [0.15, 0.2) is 11.7 Å². The maximum Gasteiger partial charge on any atom is 0.466 e. The molecular formula is C12H20FN4O14P3S. The minimum absolute atomic E-state index is 0.309. The van der Waals surface area contributed by atoms with Crippen LogP contribution in [0.25, 0.3) is 10.2 Å². The molecule has 23 heteroatoms. The Morgan fingerprint density at radius 3 is 1.86 bits per heavy atom. The molecule has 0 radical (unpaired) electrons. The second-order valence-electron chi connectivity index (χ2n) is 6.31. The molecule has 1 fully saturated rings. The maximum absolute atomic E-state index is 14.3. The summed E-state index contributed by atoms with van der Waals surface area (Å²) >= 11 is 1.28. The molecule has 12 N–H and O–H groups in total. The van der Waals surface area contributed by atoms with Crippen molar-refractivity contribution < 1.29 is 72.0 Å². The first-order valence-corrected chi connectivity index (χ1v) is 13.8. The van der Waals surface area contributed by atoms with Crippen molar-refractivity contribution in [3.8, 4) is 6.07 Å². The molecule has 200 valence electrons. The van der Waals surface area contributed by atoms with E-state index in [0.29, 0.717) is 21.6 Å². The van der Waals surface area contributed by atoms with E-state index in [1.54, 1.807) is 11.4 Å². The molecule has 2 aromatic heterocycles. The Hall–Kier alpha value is -1.49. The van der Waals surface area contributed by atoms with Crippen LogP contribution in [0, 0.1) is 11.3 Å². The van der Waals surface area contributed by atoms with Crippen molar-refractivity contribution >= 4 is 50.8 Å². The van der Waals surface area contributed by atoms with Crippen LogP contribution in [0.5, 0.6) is 0 Å². The average Bonchev–Trinajstić information content (AvgIpc) is 3.14.